The van der Waals surface area contributed by atoms with Crippen LogP contribution in [0, 0.1) is 0 Å². The first-order valence-electron chi connectivity index (χ1n) is 8.10. The van der Waals surface area contributed by atoms with Crippen LogP contribution in [-0.2, 0) is 0 Å². The highest BCUT2D eigenvalue weighted by atomic mass is 35.5. The number of ether oxygens (including phenoxy) is 1. The van der Waals surface area contributed by atoms with Gasteiger partial charge in [-0.3, -0.25) is 4.79 Å². The summed E-state index contributed by atoms with van der Waals surface area (Å²) in [4.78, 5) is 12.3. The lowest BCUT2D eigenvalue weighted by molar-refractivity contribution is 0.0955. The maximum absolute atomic E-state index is 12.3. The van der Waals surface area contributed by atoms with Crippen molar-refractivity contribution in [2.75, 3.05) is 6.61 Å². The first-order chi connectivity index (χ1) is 12.0. The van der Waals surface area contributed by atoms with Gasteiger partial charge in [0.1, 0.15) is 5.75 Å². The van der Waals surface area contributed by atoms with E-state index < -0.39 is 0 Å². The summed E-state index contributed by atoms with van der Waals surface area (Å²) in [6, 6.07) is 12.4. The van der Waals surface area contributed by atoms with Crippen molar-refractivity contribution in [1.29, 1.82) is 0 Å². The highest BCUT2D eigenvalue weighted by Crippen LogP contribution is 2.21. The number of halogens is 2. The fourth-order valence-corrected chi connectivity index (χ4v) is 2.76. The SMILES string of the molecule is CCCC(=NNC(=O)c1ccc(Cl)cc1Cl)c1ccc(OCC)cc1. The maximum Gasteiger partial charge on any atom is 0.272 e. The van der Waals surface area contributed by atoms with Gasteiger partial charge >= 0.3 is 0 Å². The molecule has 0 saturated carbocycles. The van der Waals surface area contributed by atoms with Gasteiger partial charge < -0.3 is 4.74 Å². The molecule has 1 amide bonds. The van der Waals surface area contributed by atoms with Gasteiger partial charge in [-0.15, -0.1) is 0 Å². The summed E-state index contributed by atoms with van der Waals surface area (Å²) in [5.74, 6) is 0.431. The standard InChI is InChI=1S/C19H20Cl2N2O2/c1-3-5-18(13-6-9-15(10-7-13)25-4-2)22-23-19(24)16-11-8-14(20)12-17(16)21/h6-12H,3-5H2,1-2H3,(H,23,24). The Morgan fingerprint density at radius 2 is 1.84 bits per heavy atom. The molecule has 0 bridgehead atoms. The van der Waals surface area contributed by atoms with Crippen LogP contribution in [0.25, 0.3) is 0 Å². The second-order valence-electron chi connectivity index (χ2n) is 5.33. The Kier molecular flexibility index (Phi) is 7.29. The molecular weight excluding hydrogens is 359 g/mol. The van der Waals surface area contributed by atoms with Crippen LogP contribution in [0.3, 0.4) is 0 Å². The van der Waals surface area contributed by atoms with Crippen molar-refractivity contribution >= 4 is 34.8 Å². The molecule has 0 aliphatic carbocycles. The van der Waals surface area contributed by atoms with Gasteiger partial charge in [0.2, 0.25) is 0 Å². The largest absolute Gasteiger partial charge is 0.494 e. The number of carbonyl (C=O) groups excluding carboxylic acids is 1. The van der Waals surface area contributed by atoms with E-state index in [1.807, 2.05) is 31.2 Å². The normalized spacial score (nSPS) is 11.3. The number of nitrogens with zero attached hydrogens (tertiary/aromatic N) is 1. The molecule has 0 radical (unpaired) electrons. The van der Waals surface area contributed by atoms with Crippen molar-refractivity contribution < 1.29 is 9.53 Å². The molecule has 0 aliphatic rings. The second-order valence-corrected chi connectivity index (χ2v) is 6.17. The summed E-state index contributed by atoms with van der Waals surface area (Å²) < 4.78 is 5.44. The highest BCUT2D eigenvalue weighted by Gasteiger charge is 2.11. The van der Waals surface area contributed by atoms with Crippen molar-refractivity contribution in [3.8, 4) is 5.75 Å². The molecule has 6 heteroatoms. The molecule has 4 nitrogen and oxygen atoms in total. The first kappa shape index (κ1) is 19.3. The van der Waals surface area contributed by atoms with Crippen molar-refractivity contribution in [2.24, 2.45) is 5.10 Å². The zero-order chi connectivity index (χ0) is 18.2. The zero-order valence-electron chi connectivity index (χ0n) is 14.2. The van der Waals surface area contributed by atoms with E-state index in [1.165, 1.54) is 6.07 Å². The van der Waals surface area contributed by atoms with Gasteiger partial charge in [0.05, 0.1) is 22.9 Å². The Morgan fingerprint density at radius 1 is 1.12 bits per heavy atom. The molecule has 25 heavy (non-hydrogen) atoms. The predicted octanol–water partition coefficient (Wildman–Crippen LogP) is 5.33. The third-order valence-electron chi connectivity index (χ3n) is 3.45. The smallest absolute Gasteiger partial charge is 0.272 e. The predicted molar refractivity (Wildman–Crippen MR) is 103 cm³/mol. The molecule has 1 N–H and O–H groups in total. The van der Waals surface area contributed by atoms with Crippen LogP contribution in [0.2, 0.25) is 10.0 Å². The lowest BCUT2D eigenvalue weighted by atomic mass is 10.1. The van der Waals surface area contributed by atoms with Crippen LogP contribution >= 0.6 is 23.2 Å². The van der Waals surface area contributed by atoms with E-state index in [1.54, 1.807) is 12.1 Å². The molecule has 132 valence electrons. The van der Waals surface area contributed by atoms with Crippen LogP contribution in [0.15, 0.2) is 47.6 Å². The molecule has 0 spiro atoms. The van der Waals surface area contributed by atoms with E-state index in [0.717, 1.165) is 29.9 Å². The molecule has 2 aromatic carbocycles. The minimum absolute atomic E-state index is 0.290. The van der Waals surface area contributed by atoms with E-state index in [0.29, 0.717) is 22.2 Å². The monoisotopic (exact) mass is 378 g/mol. The lowest BCUT2D eigenvalue weighted by Crippen LogP contribution is -2.20. The van der Waals surface area contributed by atoms with Crippen molar-refractivity contribution in [1.82, 2.24) is 5.43 Å². The van der Waals surface area contributed by atoms with Crippen molar-refractivity contribution in [3.05, 3.63) is 63.6 Å². The van der Waals surface area contributed by atoms with Crippen molar-refractivity contribution in [2.45, 2.75) is 26.7 Å². The van der Waals surface area contributed by atoms with Gasteiger partial charge in [-0.1, -0.05) is 36.5 Å². The quantitative estimate of drug-likeness (QED) is 0.522. The third-order valence-corrected chi connectivity index (χ3v) is 4.00. The number of nitrogens with one attached hydrogen (secondary N) is 1. The molecule has 2 aromatic rings. The van der Waals surface area contributed by atoms with Crippen LogP contribution in [0.4, 0.5) is 0 Å². The summed E-state index contributed by atoms with van der Waals surface area (Å²) >= 11 is 11.9. The molecular formula is C19H20Cl2N2O2. The van der Waals surface area contributed by atoms with Crippen molar-refractivity contribution in [3.63, 3.8) is 0 Å². The molecule has 0 fully saturated rings. The molecule has 0 aliphatic heterocycles. The second kappa shape index (κ2) is 9.44. The molecule has 0 aromatic heterocycles. The van der Waals surface area contributed by atoms with Crippen LogP contribution in [0.5, 0.6) is 5.75 Å². The summed E-state index contributed by atoms with van der Waals surface area (Å²) in [6.45, 7) is 4.62. The minimum Gasteiger partial charge on any atom is -0.494 e. The van der Waals surface area contributed by atoms with Gasteiger partial charge in [-0.25, -0.2) is 5.43 Å². The lowest BCUT2D eigenvalue weighted by Gasteiger charge is -2.09. The number of carbonyl (C=O) groups is 1. The number of rotatable bonds is 7. The molecule has 0 saturated heterocycles. The van der Waals surface area contributed by atoms with E-state index in [9.17, 15) is 4.79 Å². The van der Waals surface area contributed by atoms with Gasteiger partial charge in [0.25, 0.3) is 5.91 Å². The van der Waals surface area contributed by atoms with Crippen LogP contribution in [-0.4, -0.2) is 18.2 Å². The van der Waals surface area contributed by atoms with Crippen LogP contribution in [0.1, 0.15) is 42.6 Å². The number of benzene rings is 2. The summed E-state index contributed by atoms with van der Waals surface area (Å²) in [6.07, 6.45) is 1.65. The summed E-state index contributed by atoms with van der Waals surface area (Å²) in [5, 5.41) is 5.05. The molecule has 0 unspecified atom stereocenters. The molecule has 2 rings (SSSR count). The Bertz CT molecular complexity index is 759. The topological polar surface area (TPSA) is 50.7 Å². The average Bonchev–Trinajstić information content (AvgIpc) is 2.59. The van der Waals surface area contributed by atoms with E-state index in [2.05, 4.69) is 17.5 Å². The average molecular weight is 379 g/mol. The van der Waals surface area contributed by atoms with E-state index in [4.69, 9.17) is 27.9 Å². The van der Waals surface area contributed by atoms with Gasteiger partial charge in [0, 0.05) is 5.02 Å². The number of amides is 1. The zero-order valence-corrected chi connectivity index (χ0v) is 15.7. The fourth-order valence-electron chi connectivity index (χ4n) is 2.26. The summed E-state index contributed by atoms with van der Waals surface area (Å²) in [5.41, 5.74) is 4.64. The molecule has 0 heterocycles. The number of hydrogen-bond donors (Lipinski definition) is 1. The summed E-state index contributed by atoms with van der Waals surface area (Å²) in [7, 11) is 0. The highest BCUT2D eigenvalue weighted by molar-refractivity contribution is 6.36. The maximum atomic E-state index is 12.3. The third kappa shape index (κ3) is 5.48. The Labute approximate surface area is 157 Å². The minimum atomic E-state index is -0.374. The van der Waals surface area contributed by atoms with Gasteiger partial charge in [-0.2, -0.15) is 5.10 Å². The Hall–Kier alpha value is -2.04. The van der Waals surface area contributed by atoms with Gasteiger partial charge in [-0.05, 0) is 61.4 Å². The van der Waals surface area contributed by atoms with E-state index >= 15 is 0 Å². The Balaban J connectivity index is 2.17. The molecule has 0 atom stereocenters. The Morgan fingerprint density at radius 3 is 2.44 bits per heavy atom. The van der Waals surface area contributed by atoms with Crippen LogP contribution < -0.4 is 10.2 Å². The van der Waals surface area contributed by atoms with Gasteiger partial charge in [0.15, 0.2) is 0 Å². The first-order valence-corrected chi connectivity index (χ1v) is 8.86. The fraction of sp³-hybridized carbons (Fsp3) is 0.263. The van der Waals surface area contributed by atoms with E-state index in [-0.39, 0.29) is 5.91 Å². The number of hydrogen-bond acceptors (Lipinski definition) is 3. The number of hydrazone groups is 1.